The lowest BCUT2D eigenvalue weighted by atomic mass is 10.2. The Hall–Kier alpha value is -1.41. The fourth-order valence-electron chi connectivity index (χ4n) is 2.06. The summed E-state index contributed by atoms with van der Waals surface area (Å²) in [4.78, 5) is 19.5. The average molecular weight is 457 g/mol. The fraction of sp³-hybridized carbons (Fsp3) is 0.0667. The summed E-state index contributed by atoms with van der Waals surface area (Å²) in [6.07, 6.45) is 0. The second-order valence-electron chi connectivity index (χ2n) is 4.44. The van der Waals surface area contributed by atoms with Gasteiger partial charge in [-0.1, -0.05) is 12.1 Å². The van der Waals surface area contributed by atoms with Crippen LogP contribution >= 0.6 is 38.5 Å². The van der Waals surface area contributed by atoms with Crippen LogP contribution in [0.5, 0.6) is 0 Å². The maximum Gasteiger partial charge on any atom is 0.337 e. The lowest BCUT2D eigenvalue weighted by Gasteiger charge is -2.00. The Labute approximate surface area is 143 Å². The Morgan fingerprint density at radius 3 is 2.67 bits per heavy atom. The summed E-state index contributed by atoms with van der Waals surface area (Å²) in [6.45, 7) is 0. The third kappa shape index (κ3) is 2.82. The number of hydrogen-bond acceptors (Lipinski definition) is 3. The molecule has 106 valence electrons. The molecule has 0 saturated carbocycles. The Bertz CT molecular complexity index is 828. The highest BCUT2D eigenvalue weighted by Gasteiger charge is 2.13. The standard InChI is InChI=1S/C15H10BrIN2O2/c1-21-15(20)9-6-11(16)13-12(7-9)18-14(19-13)8-2-4-10(17)5-3-8/h2-7H,1H3,(H,18,19). The van der Waals surface area contributed by atoms with Gasteiger partial charge in [-0.15, -0.1) is 0 Å². The van der Waals surface area contributed by atoms with E-state index in [1.54, 1.807) is 12.1 Å². The van der Waals surface area contributed by atoms with Crippen molar-refractivity contribution in [2.24, 2.45) is 0 Å². The van der Waals surface area contributed by atoms with Crippen LogP contribution in [0, 0.1) is 3.57 Å². The molecule has 3 rings (SSSR count). The number of methoxy groups -OCH3 is 1. The molecule has 0 aliphatic heterocycles. The topological polar surface area (TPSA) is 55.0 Å². The van der Waals surface area contributed by atoms with E-state index in [9.17, 15) is 4.79 Å². The number of carbonyl (C=O) groups excluding carboxylic acids is 1. The number of rotatable bonds is 2. The molecule has 21 heavy (non-hydrogen) atoms. The first-order chi connectivity index (χ1) is 10.1. The summed E-state index contributed by atoms with van der Waals surface area (Å²) in [5.74, 6) is 0.395. The van der Waals surface area contributed by atoms with E-state index in [0.29, 0.717) is 5.56 Å². The van der Waals surface area contributed by atoms with Crippen LogP contribution in [-0.2, 0) is 4.74 Å². The number of aromatic nitrogens is 2. The molecule has 0 aliphatic rings. The van der Waals surface area contributed by atoms with Gasteiger partial charge in [0.25, 0.3) is 0 Å². The van der Waals surface area contributed by atoms with E-state index < -0.39 is 0 Å². The number of carbonyl (C=O) groups is 1. The smallest absolute Gasteiger partial charge is 0.337 e. The molecule has 0 amide bonds. The lowest BCUT2D eigenvalue weighted by molar-refractivity contribution is 0.0601. The first-order valence-corrected chi connectivity index (χ1v) is 7.99. The fourth-order valence-corrected chi connectivity index (χ4v) is 2.96. The molecule has 0 aliphatic carbocycles. The number of benzene rings is 2. The van der Waals surface area contributed by atoms with Crippen LogP contribution in [0.15, 0.2) is 40.9 Å². The quantitative estimate of drug-likeness (QED) is 0.459. The summed E-state index contributed by atoms with van der Waals surface area (Å²) in [7, 11) is 1.37. The van der Waals surface area contributed by atoms with Crippen LogP contribution in [0.25, 0.3) is 22.4 Å². The van der Waals surface area contributed by atoms with Crippen molar-refractivity contribution in [2.75, 3.05) is 7.11 Å². The predicted octanol–water partition coefficient (Wildman–Crippen LogP) is 4.38. The Balaban J connectivity index is 2.13. The average Bonchev–Trinajstić information content (AvgIpc) is 2.91. The van der Waals surface area contributed by atoms with Gasteiger partial charge in [0, 0.05) is 13.6 Å². The molecule has 1 heterocycles. The molecule has 0 saturated heterocycles. The van der Waals surface area contributed by atoms with E-state index in [4.69, 9.17) is 4.74 Å². The number of nitrogens with one attached hydrogen (secondary N) is 1. The number of aromatic amines is 1. The van der Waals surface area contributed by atoms with Gasteiger partial charge in [-0.3, -0.25) is 0 Å². The molecular formula is C15H10BrIN2O2. The second-order valence-corrected chi connectivity index (χ2v) is 6.54. The summed E-state index contributed by atoms with van der Waals surface area (Å²) in [5, 5.41) is 0. The maximum absolute atomic E-state index is 11.6. The summed E-state index contributed by atoms with van der Waals surface area (Å²) >= 11 is 5.71. The van der Waals surface area contributed by atoms with E-state index in [-0.39, 0.29) is 5.97 Å². The maximum atomic E-state index is 11.6. The molecule has 1 N–H and O–H groups in total. The van der Waals surface area contributed by atoms with Crippen molar-refractivity contribution >= 4 is 55.5 Å². The van der Waals surface area contributed by atoms with Crippen molar-refractivity contribution < 1.29 is 9.53 Å². The van der Waals surface area contributed by atoms with Gasteiger partial charge >= 0.3 is 5.97 Å². The monoisotopic (exact) mass is 456 g/mol. The summed E-state index contributed by atoms with van der Waals surface area (Å²) < 4.78 is 6.68. The molecule has 0 bridgehead atoms. The normalized spacial score (nSPS) is 10.8. The van der Waals surface area contributed by atoms with Crippen LogP contribution in [0.4, 0.5) is 0 Å². The number of fused-ring (bicyclic) bond motifs is 1. The van der Waals surface area contributed by atoms with Crippen molar-refractivity contribution in [3.63, 3.8) is 0 Å². The van der Waals surface area contributed by atoms with Gasteiger partial charge in [-0.2, -0.15) is 0 Å². The Morgan fingerprint density at radius 2 is 2.00 bits per heavy atom. The molecule has 1 aromatic heterocycles. The van der Waals surface area contributed by atoms with E-state index in [2.05, 4.69) is 48.5 Å². The molecule has 0 atom stereocenters. The highest BCUT2D eigenvalue weighted by atomic mass is 127. The van der Waals surface area contributed by atoms with Crippen molar-refractivity contribution in [1.29, 1.82) is 0 Å². The largest absolute Gasteiger partial charge is 0.465 e. The molecule has 0 radical (unpaired) electrons. The molecule has 0 fully saturated rings. The SMILES string of the molecule is COC(=O)c1cc(Br)c2nc(-c3ccc(I)cc3)[nH]c2c1. The number of ether oxygens (including phenoxy) is 1. The van der Waals surface area contributed by atoms with E-state index >= 15 is 0 Å². The minimum atomic E-state index is -0.372. The van der Waals surface area contributed by atoms with Crippen molar-refractivity contribution in [2.45, 2.75) is 0 Å². The highest BCUT2D eigenvalue weighted by molar-refractivity contribution is 14.1. The summed E-state index contributed by atoms with van der Waals surface area (Å²) in [5.41, 5.74) is 3.06. The molecule has 0 spiro atoms. The first-order valence-electron chi connectivity index (χ1n) is 6.12. The number of nitrogens with zero attached hydrogens (tertiary/aromatic N) is 1. The lowest BCUT2D eigenvalue weighted by Crippen LogP contribution is -2.00. The third-order valence-electron chi connectivity index (χ3n) is 3.08. The van der Waals surface area contributed by atoms with Crippen LogP contribution < -0.4 is 0 Å². The summed E-state index contributed by atoms with van der Waals surface area (Å²) in [6, 6.07) is 11.5. The van der Waals surface area contributed by atoms with Crippen molar-refractivity contribution in [3.8, 4) is 11.4 Å². The van der Waals surface area contributed by atoms with Gasteiger partial charge in [0.15, 0.2) is 0 Å². The van der Waals surface area contributed by atoms with Crippen LogP contribution in [0.3, 0.4) is 0 Å². The zero-order valence-electron chi connectivity index (χ0n) is 11.0. The third-order valence-corrected chi connectivity index (χ3v) is 4.40. The minimum absolute atomic E-state index is 0.372. The molecular weight excluding hydrogens is 447 g/mol. The molecule has 2 aromatic carbocycles. The van der Waals surface area contributed by atoms with E-state index in [1.165, 1.54) is 10.7 Å². The molecule has 6 heteroatoms. The van der Waals surface area contributed by atoms with Crippen molar-refractivity contribution in [3.05, 3.63) is 50.0 Å². The van der Waals surface area contributed by atoms with Gasteiger partial charge in [0.2, 0.25) is 0 Å². The first kappa shape index (κ1) is 14.5. The van der Waals surface area contributed by atoms with Gasteiger partial charge < -0.3 is 9.72 Å². The molecule has 0 unspecified atom stereocenters. The molecule has 3 aromatic rings. The van der Waals surface area contributed by atoms with Gasteiger partial charge in [0.05, 0.1) is 18.2 Å². The number of hydrogen-bond donors (Lipinski definition) is 1. The number of halogens is 2. The Morgan fingerprint density at radius 1 is 1.29 bits per heavy atom. The number of H-pyrrole nitrogens is 1. The van der Waals surface area contributed by atoms with Crippen LogP contribution in [0.2, 0.25) is 0 Å². The predicted molar refractivity (Wildman–Crippen MR) is 93.3 cm³/mol. The van der Waals surface area contributed by atoms with E-state index in [0.717, 1.165) is 26.9 Å². The molecule has 4 nitrogen and oxygen atoms in total. The number of esters is 1. The zero-order valence-corrected chi connectivity index (χ0v) is 14.7. The minimum Gasteiger partial charge on any atom is -0.465 e. The van der Waals surface area contributed by atoms with Gasteiger partial charge in [-0.05, 0) is 62.8 Å². The van der Waals surface area contributed by atoms with E-state index in [1.807, 2.05) is 24.3 Å². The van der Waals surface area contributed by atoms with Crippen LogP contribution in [-0.4, -0.2) is 23.0 Å². The van der Waals surface area contributed by atoms with Crippen molar-refractivity contribution in [1.82, 2.24) is 9.97 Å². The van der Waals surface area contributed by atoms with Gasteiger partial charge in [-0.25, -0.2) is 9.78 Å². The Kier molecular flexibility index (Phi) is 3.99. The van der Waals surface area contributed by atoms with Gasteiger partial charge in [0.1, 0.15) is 11.3 Å². The number of imidazole rings is 1. The van der Waals surface area contributed by atoms with Crippen LogP contribution in [0.1, 0.15) is 10.4 Å². The second kappa shape index (κ2) is 5.76. The zero-order chi connectivity index (χ0) is 15.0. The highest BCUT2D eigenvalue weighted by Crippen LogP contribution is 2.28.